The summed E-state index contributed by atoms with van der Waals surface area (Å²) in [5.74, 6) is 0.342. The van der Waals surface area contributed by atoms with E-state index in [9.17, 15) is 9.59 Å². The van der Waals surface area contributed by atoms with Crippen LogP contribution in [0.5, 0.6) is 5.75 Å². The quantitative estimate of drug-likeness (QED) is 0.762. The molecule has 132 valence electrons. The third-order valence-corrected chi connectivity index (χ3v) is 3.79. The average molecular weight is 340 g/mol. The predicted octanol–water partition coefficient (Wildman–Crippen LogP) is 2.53. The van der Waals surface area contributed by atoms with Crippen molar-refractivity contribution >= 4 is 11.8 Å². The van der Waals surface area contributed by atoms with E-state index in [4.69, 9.17) is 10.5 Å². The van der Waals surface area contributed by atoms with Gasteiger partial charge in [0.15, 0.2) is 0 Å². The first kappa shape index (κ1) is 18.5. The molecule has 25 heavy (non-hydrogen) atoms. The van der Waals surface area contributed by atoms with E-state index in [0.717, 1.165) is 16.9 Å². The number of carbonyl (C=O) groups excluding carboxylic acids is 2. The summed E-state index contributed by atoms with van der Waals surface area (Å²) in [6.45, 7) is 3.32. The standard InChI is InChI=1S/C20H24N2O3/c1-2-25-18-10-8-16(9-11-18)14-20(24)22(13-12-19(21)23)15-17-6-4-3-5-7-17/h3-11H,2,12-15H2,1H3,(H2,21,23). The van der Waals surface area contributed by atoms with Crippen LogP contribution in [-0.2, 0) is 22.6 Å². The topological polar surface area (TPSA) is 72.6 Å². The van der Waals surface area contributed by atoms with Gasteiger partial charge in [0.25, 0.3) is 0 Å². The molecular formula is C20H24N2O3. The maximum absolute atomic E-state index is 12.7. The average Bonchev–Trinajstić information content (AvgIpc) is 2.61. The first-order chi connectivity index (χ1) is 12.1. The fourth-order valence-corrected chi connectivity index (χ4v) is 2.50. The molecule has 0 spiro atoms. The molecule has 2 N–H and O–H groups in total. The van der Waals surface area contributed by atoms with Crippen LogP contribution in [0.25, 0.3) is 0 Å². The number of hydrogen-bond acceptors (Lipinski definition) is 3. The van der Waals surface area contributed by atoms with E-state index in [2.05, 4.69) is 0 Å². The van der Waals surface area contributed by atoms with Gasteiger partial charge in [-0.15, -0.1) is 0 Å². The largest absolute Gasteiger partial charge is 0.494 e. The van der Waals surface area contributed by atoms with Crippen LogP contribution in [0, 0.1) is 0 Å². The van der Waals surface area contributed by atoms with Gasteiger partial charge in [-0.1, -0.05) is 42.5 Å². The summed E-state index contributed by atoms with van der Waals surface area (Å²) in [7, 11) is 0. The van der Waals surface area contributed by atoms with Crippen LogP contribution in [0.2, 0.25) is 0 Å². The molecule has 5 nitrogen and oxygen atoms in total. The van der Waals surface area contributed by atoms with Crippen molar-refractivity contribution in [1.82, 2.24) is 4.90 Å². The molecule has 0 aromatic heterocycles. The number of nitrogens with zero attached hydrogens (tertiary/aromatic N) is 1. The molecule has 0 aliphatic heterocycles. The summed E-state index contributed by atoms with van der Waals surface area (Å²) in [6.07, 6.45) is 0.430. The minimum Gasteiger partial charge on any atom is -0.494 e. The lowest BCUT2D eigenvalue weighted by molar-refractivity contribution is -0.131. The highest BCUT2D eigenvalue weighted by Crippen LogP contribution is 2.14. The first-order valence-corrected chi connectivity index (χ1v) is 8.40. The molecule has 0 saturated carbocycles. The van der Waals surface area contributed by atoms with Gasteiger partial charge in [-0.05, 0) is 30.2 Å². The van der Waals surface area contributed by atoms with Gasteiger partial charge in [0.1, 0.15) is 5.75 Å². The second-order valence-corrected chi connectivity index (χ2v) is 5.77. The van der Waals surface area contributed by atoms with Gasteiger partial charge >= 0.3 is 0 Å². The Kier molecular flexibility index (Phi) is 7.01. The Morgan fingerprint density at radius 3 is 2.28 bits per heavy atom. The van der Waals surface area contributed by atoms with Crippen molar-refractivity contribution < 1.29 is 14.3 Å². The van der Waals surface area contributed by atoms with E-state index >= 15 is 0 Å². The molecule has 2 aromatic rings. The van der Waals surface area contributed by atoms with Crippen LogP contribution >= 0.6 is 0 Å². The van der Waals surface area contributed by atoms with E-state index in [0.29, 0.717) is 19.7 Å². The maximum atomic E-state index is 12.7. The van der Waals surface area contributed by atoms with Crippen molar-refractivity contribution in [2.75, 3.05) is 13.2 Å². The predicted molar refractivity (Wildman–Crippen MR) is 97.0 cm³/mol. The lowest BCUT2D eigenvalue weighted by atomic mass is 10.1. The van der Waals surface area contributed by atoms with Crippen LogP contribution in [-0.4, -0.2) is 29.9 Å². The molecule has 5 heteroatoms. The van der Waals surface area contributed by atoms with Gasteiger partial charge < -0.3 is 15.4 Å². The number of carbonyl (C=O) groups is 2. The van der Waals surface area contributed by atoms with Gasteiger partial charge in [0.2, 0.25) is 11.8 Å². The Bertz CT molecular complexity index is 684. The highest BCUT2D eigenvalue weighted by molar-refractivity contribution is 5.80. The molecule has 2 aromatic carbocycles. The summed E-state index contributed by atoms with van der Waals surface area (Å²) >= 11 is 0. The molecule has 0 bridgehead atoms. The Balaban J connectivity index is 2.04. The lowest BCUT2D eigenvalue weighted by Crippen LogP contribution is -2.34. The molecule has 0 heterocycles. The minimum absolute atomic E-state index is 0.0331. The van der Waals surface area contributed by atoms with E-state index in [-0.39, 0.29) is 18.7 Å². The molecule has 0 radical (unpaired) electrons. The first-order valence-electron chi connectivity index (χ1n) is 8.40. The summed E-state index contributed by atoms with van der Waals surface area (Å²) in [5, 5.41) is 0. The summed E-state index contributed by atoms with van der Waals surface area (Å²) in [6, 6.07) is 17.2. The molecule has 0 fully saturated rings. The number of ether oxygens (including phenoxy) is 1. The Morgan fingerprint density at radius 2 is 1.68 bits per heavy atom. The fraction of sp³-hybridized carbons (Fsp3) is 0.300. The van der Waals surface area contributed by atoms with Crippen LogP contribution in [0.1, 0.15) is 24.5 Å². The zero-order valence-corrected chi connectivity index (χ0v) is 14.5. The van der Waals surface area contributed by atoms with E-state index in [1.165, 1.54) is 0 Å². The maximum Gasteiger partial charge on any atom is 0.227 e. The molecule has 0 unspecified atom stereocenters. The number of amides is 2. The normalized spacial score (nSPS) is 10.3. The summed E-state index contributed by atoms with van der Waals surface area (Å²) < 4.78 is 5.41. The van der Waals surface area contributed by atoms with Gasteiger partial charge in [0.05, 0.1) is 13.0 Å². The summed E-state index contributed by atoms with van der Waals surface area (Å²) in [5.41, 5.74) is 7.17. The Hall–Kier alpha value is -2.82. The number of hydrogen-bond donors (Lipinski definition) is 1. The molecule has 0 aliphatic rings. The molecule has 2 rings (SSSR count). The van der Waals surface area contributed by atoms with Crippen molar-refractivity contribution in [3.8, 4) is 5.75 Å². The smallest absolute Gasteiger partial charge is 0.227 e. The number of rotatable bonds is 9. The van der Waals surface area contributed by atoms with E-state index in [1.807, 2.05) is 61.5 Å². The van der Waals surface area contributed by atoms with Crippen LogP contribution in [0.3, 0.4) is 0 Å². The van der Waals surface area contributed by atoms with Crippen LogP contribution < -0.4 is 10.5 Å². The Morgan fingerprint density at radius 1 is 1.00 bits per heavy atom. The van der Waals surface area contributed by atoms with Crippen molar-refractivity contribution in [1.29, 1.82) is 0 Å². The number of primary amides is 1. The van der Waals surface area contributed by atoms with Gasteiger partial charge in [-0.25, -0.2) is 0 Å². The Labute approximate surface area is 148 Å². The number of benzene rings is 2. The molecule has 2 amide bonds. The molecular weight excluding hydrogens is 316 g/mol. The van der Waals surface area contributed by atoms with Crippen LogP contribution in [0.4, 0.5) is 0 Å². The van der Waals surface area contributed by atoms with Crippen LogP contribution in [0.15, 0.2) is 54.6 Å². The fourth-order valence-electron chi connectivity index (χ4n) is 2.50. The summed E-state index contributed by atoms with van der Waals surface area (Å²) in [4.78, 5) is 25.5. The second-order valence-electron chi connectivity index (χ2n) is 5.77. The zero-order valence-electron chi connectivity index (χ0n) is 14.5. The number of nitrogens with two attached hydrogens (primary N) is 1. The van der Waals surface area contributed by atoms with Crippen molar-refractivity contribution in [2.45, 2.75) is 26.3 Å². The SMILES string of the molecule is CCOc1ccc(CC(=O)N(CCC(N)=O)Cc2ccccc2)cc1. The van der Waals surface area contributed by atoms with Gasteiger partial charge in [-0.2, -0.15) is 0 Å². The van der Waals surface area contributed by atoms with E-state index < -0.39 is 5.91 Å². The van der Waals surface area contributed by atoms with E-state index in [1.54, 1.807) is 4.90 Å². The third kappa shape index (κ3) is 6.30. The lowest BCUT2D eigenvalue weighted by Gasteiger charge is -2.22. The van der Waals surface area contributed by atoms with Gasteiger partial charge in [-0.3, -0.25) is 9.59 Å². The highest BCUT2D eigenvalue weighted by atomic mass is 16.5. The molecule has 0 aliphatic carbocycles. The molecule has 0 atom stereocenters. The second kappa shape index (κ2) is 9.47. The van der Waals surface area contributed by atoms with Crippen molar-refractivity contribution in [2.24, 2.45) is 5.73 Å². The minimum atomic E-state index is -0.410. The monoisotopic (exact) mass is 340 g/mol. The zero-order chi connectivity index (χ0) is 18.1. The molecule has 0 saturated heterocycles. The van der Waals surface area contributed by atoms with Gasteiger partial charge in [0, 0.05) is 19.5 Å². The highest BCUT2D eigenvalue weighted by Gasteiger charge is 2.15. The third-order valence-electron chi connectivity index (χ3n) is 3.79. The van der Waals surface area contributed by atoms with Crippen molar-refractivity contribution in [3.05, 3.63) is 65.7 Å². The van der Waals surface area contributed by atoms with Crippen molar-refractivity contribution in [3.63, 3.8) is 0 Å².